The normalized spacial score (nSPS) is 16.2. The minimum Gasteiger partial charge on any atom is -0.492 e. The van der Waals surface area contributed by atoms with Crippen molar-refractivity contribution in [2.75, 3.05) is 19.8 Å². The Morgan fingerprint density at radius 2 is 2.29 bits per heavy atom. The highest BCUT2D eigenvalue weighted by atomic mass is 19.1. The Hall–Kier alpha value is -2.47. The van der Waals surface area contributed by atoms with E-state index < -0.39 is 0 Å². The van der Waals surface area contributed by atoms with Crippen molar-refractivity contribution in [1.82, 2.24) is 9.88 Å². The summed E-state index contributed by atoms with van der Waals surface area (Å²) >= 11 is 0. The molecule has 0 saturated heterocycles. The maximum absolute atomic E-state index is 13.4. The summed E-state index contributed by atoms with van der Waals surface area (Å²) in [6, 6.07) is 8.03. The zero-order valence-corrected chi connectivity index (χ0v) is 13.2. The minimum absolute atomic E-state index is 0.109. The number of rotatable bonds is 5. The van der Waals surface area contributed by atoms with Crippen molar-refractivity contribution < 1.29 is 19.0 Å². The molecular formula is C18H19FN2O3. The molecule has 5 nitrogen and oxygen atoms in total. The van der Waals surface area contributed by atoms with E-state index in [0.717, 1.165) is 5.56 Å². The maximum atomic E-state index is 13.4. The van der Waals surface area contributed by atoms with E-state index in [1.807, 2.05) is 6.07 Å². The van der Waals surface area contributed by atoms with Gasteiger partial charge in [-0.3, -0.25) is 9.78 Å². The van der Waals surface area contributed by atoms with Crippen molar-refractivity contribution in [1.29, 1.82) is 0 Å². The van der Waals surface area contributed by atoms with Gasteiger partial charge in [0.05, 0.1) is 12.5 Å². The second-order valence-electron chi connectivity index (χ2n) is 5.81. The molecule has 2 aromatic rings. The molecule has 0 radical (unpaired) electrons. The second-order valence-corrected chi connectivity index (χ2v) is 5.81. The van der Waals surface area contributed by atoms with Crippen LogP contribution in [-0.4, -0.2) is 40.7 Å². The monoisotopic (exact) mass is 330 g/mol. The molecule has 1 aromatic carbocycles. The van der Waals surface area contributed by atoms with Crippen molar-refractivity contribution in [2.45, 2.75) is 13.0 Å². The van der Waals surface area contributed by atoms with Gasteiger partial charge >= 0.3 is 0 Å². The molecule has 24 heavy (non-hydrogen) atoms. The minimum atomic E-state index is -0.387. The highest BCUT2D eigenvalue weighted by molar-refractivity contribution is 5.79. The first kappa shape index (κ1) is 16.4. The summed E-state index contributed by atoms with van der Waals surface area (Å²) in [6.07, 6.45) is 3.79. The van der Waals surface area contributed by atoms with Crippen LogP contribution in [0.5, 0.6) is 5.75 Å². The van der Waals surface area contributed by atoms with Gasteiger partial charge in [0.2, 0.25) is 5.91 Å². The number of nitrogens with zero attached hydrogens (tertiary/aromatic N) is 2. The van der Waals surface area contributed by atoms with Crippen LogP contribution in [0.2, 0.25) is 0 Å². The molecule has 1 aromatic heterocycles. The molecule has 1 aliphatic heterocycles. The van der Waals surface area contributed by atoms with Crippen LogP contribution < -0.4 is 4.74 Å². The van der Waals surface area contributed by atoms with Gasteiger partial charge in [-0.25, -0.2) is 4.39 Å². The topological polar surface area (TPSA) is 62.7 Å². The number of carbonyl (C=O) groups excluding carboxylic acids is 1. The standard InChI is InChI=1S/C18H19FN2O3/c19-16-3-4-17-14(9-16)8-15(12-24-17)18(23)21(6-7-22)11-13-2-1-5-20-10-13/h1-5,9-10,15,22H,6-8,11-12H2. The maximum Gasteiger partial charge on any atom is 0.229 e. The molecule has 0 bridgehead atoms. The van der Waals surface area contributed by atoms with Crippen LogP contribution in [0.15, 0.2) is 42.7 Å². The number of ether oxygens (including phenoxy) is 1. The van der Waals surface area contributed by atoms with Crippen LogP contribution in [0.1, 0.15) is 11.1 Å². The number of aliphatic hydroxyl groups excluding tert-OH is 1. The van der Waals surface area contributed by atoms with Gasteiger partial charge in [-0.15, -0.1) is 0 Å². The molecule has 1 atom stereocenters. The number of halogens is 1. The molecule has 126 valence electrons. The summed E-state index contributed by atoms with van der Waals surface area (Å²) < 4.78 is 19.0. The van der Waals surface area contributed by atoms with Crippen molar-refractivity contribution >= 4 is 5.91 Å². The lowest BCUT2D eigenvalue weighted by Gasteiger charge is -2.30. The number of aliphatic hydroxyl groups is 1. The van der Waals surface area contributed by atoms with Gasteiger partial charge in [0.25, 0.3) is 0 Å². The fourth-order valence-electron chi connectivity index (χ4n) is 2.88. The lowest BCUT2D eigenvalue weighted by Crippen LogP contribution is -2.41. The molecule has 2 heterocycles. The largest absolute Gasteiger partial charge is 0.492 e. The molecule has 1 amide bonds. The summed E-state index contributed by atoms with van der Waals surface area (Å²) in [4.78, 5) is 18.4. The zero-order chi connectivity index (χ0) is 16.9. The quantitative estimate of drug-likeness (QED) is 0.908. The van der Waals surface area contributed by atoms with E-state index >= 15 is 0 Å². The predicted octanol–water partition coefficient (Wildman–Crippen LogP) is 1.79. The average Bonchev–Trinajstić information content (AvgIpc) is 2.61. The third-order valence-electron chi connectivity index (χ3n) is 4.06. The van der Waals surface area contributed by atoms with E-state index in [9.17, 15) is 14.3 Å². The lowest BCUT2D eigenvalue weighted by atomic mass is 9.95. The number of amides is 1. The first-order chi connectivity index (χ1) is 11.7. The van der Waals surface area contributed by atoms with E-state index in [1.165, 1.54) is 12.1 Å². The van der Waals surface area contributed by atoms with Crippen LogP contribution in [0, 0.1) is 11.7 Å². The van der Waals surface area contributed by atoms with Crippen LogP contribution in [0.3, 0.4) is 0 Å². The van der Waals surface area contributed by atoms with Crippen LogP contribution >= 0.6 is 0 Å². The number of hydrogen-bond acceptors (Lipinski definition) is 4. The fraction of sp³-hybridized carbons (Fsp3) is 0.333. The zero-order valence-electron chi connectivity index (χ0n) is 13.2. The Bertz CT molecular complexity index is 709. The lowest BCUT2D eigenvalue weighted by molar-refractivity contribution is -0.138. The Balaban J connectivity index is 1.73. The third kappa shape index (κ3) is 3.71. The van der Waals surface area contributed by atoms with Gasteiger partial charge in [0.1, 0.15) is 18.2 Å². The smallest absolute Gasteiger partial charge is 0.229 e. The molecule has 6 heteroatoms. The fourth-order valence-corrected chi connectivity index (χ4v) is 2.88. The van der Waals surface area contributed by atoms with Crippen LogP contribution in [0.25, 0.3) is 0 Å². The van der Waals surface area contributed by atoms with Crippen LogP contribution in [0.4, 0.5) is 4.39 Å². The number of pyridine rings is 1. The SMILES string of the molecule is O=C(C1COc2ccc(F)cc2C1)N(CCO)Cc1cccnc1. The van der Waals surface area contributed by atoms with E-state index in [2.05, 4.69) is 4.98 Å². The Kier molecular flexibility index (Phi) is 5.05. The molecule has 0 spiro atoms. The van der Waals surface area contributed by atoms with Crippen molar-refractivity contribution in [3.8, 4) is 5.75 Å². The third-order valence-corrected chi connectivity index (χ3v) is 4.06. The Labute approximate surface area is 139 Å². The summed E-state index contributed by atoms with van der Waals surface area (Å²) in [6.45, 7) is 0.747. The Morgan fingerprint density at radius 1 is 1.42 bits per heavy atom. The summed E-state index contributed by atoms with van der Waals surface area (Å²) in [7, 11) is 0. The summed E-state index contributed by atoms with van der Waals surface area (Å²) in [5.74, 6) is -0.209. The van der Waals surface area contributed by atoms with Gasteiger partial charge in [-0.2, -0.15) is 0 Å². The molecular weight excluding hydrogens is 311 g/mol. The van der Waals surface area contributed by atoms with Gasteiger partial charge in [0, 0.05) is 25.5 Å². The number of benzene rings is 1. The number of carbonyl (C=O) groups is 1. The average molecular weight is 330 g/mol. The van der Waals surface area contributed by atoms with E-state index in [1.54, 1.807) is 29.4 Å². The van der Waals surface area contributed by atoms with E-state index in [-0.39, 0.29) is 37.4 Å². The van der Waals surface area contributed by atoms with Gasteiger partial charge < -0.3 is 14.7 Å². The molecule has 3 rings (SSSR count). The van der Waals surface area contributed by atoms with E-state index in [4.69, 9.17) is 4.74 Å². The van der Waals surface area contributed by atoms with E-state index in [0.29, 0.717) is 24.3 Å². The number of hydrogen-bond donors (Lipinski definition) is 1. The van der Waals surface area contributed by atoms with Gasteiger partial charge in [-0.05, 0) is 41.8 Å². The Morgan fingerprint density at radius 3 is 3.04 bits per heavy atom. The van der Waals surface area contributed by atoms with Gasteiger partial charge in [0.15, 0.2) is 0 Å². The molecule has 0 saturated carbocycles. The highest BCUT2D eigenvalue weighted by Gasteiger charge is 2.29. The van der Waals surface area contributed by atoms with Gasteiger partial charge in [-0.1, -0.05) is 6.07 Å². The predicted molar refractivity (Wildman–Crippen MR) is 85.8 cm³/mol. The molecule has 1 aliphatic rings. The van der Waals surface area contributed by atoms with Crippen molar-refractivity contribution in [3.05, 3.63) is 59.7 Å². The highest BCUT2D eigenvalue weighted by Crippen LogP contribution is 2.29. The first-order valence-electron chi connectivity index (χ1n) is 7.87. The molecule has 1 unspecified atom stereocenters. The van der Waals surface area contributed by atoms with Crippen molar-refractivity contribution in [3.63, 3.8) is 0 Å². The summed E-state index contributed by atoms with van der Waals surface area (Å²) in [5, 5.41) is 9.27. The van der Waals surface area contributed by atoms with Crippen LogP contribution in [-0.2, 0) is 17.8 Å². The van der Waals surface area contributed by atoms with Crippen molar-refractivity contribution in [2.24, 2.45) is 5.92 Å². The molecule has 1 N–H and O–H groups in total. The first-order valence-corrected chi connectivity index (χ1v) is 7.87. The molecule has 0 aliphatic carbocycles. The second kappa shape index (κ2) is 7.40. The number of fused-ring (bicyclic) bond motifs is 1. The number of aromatic nitrogens is 1. The summed E-state index contributed by atoms with van der Waals surface area (Å²) in [5.41, 5.74) is 1.59. The molecule has 0 fully saturated rings.